The Morgan fingerprint density at radius 1 is 1.26 bits per heavy atom. The number of nitrogens with zero attached hydrogens (tertiary/aromatic N) is 1. The first-order chi connectivity index (χ1) is 9.11. The van der Waals surface area contributed by atoms with E-state index in [0.717, 1.165) is 0 Å². The van der Waals surface area contributed by atoms with Crippen LogP contribution in [0.4, 0.5) is 10.1 Å². The molecule has 2 N–H and O–H groups in total. The summed E-state index contributed by atoms with van der Waals surface area (Å²) in [4.78, 5) is 0. The fourth-order valence-electron chi connectivity index (χ4n) is 1.89. The van der Waals surface area contributed by atoms with E-state index in [2.05, 4.69) is 11.4 Å². The highest BCUT2D eigenvalue weighted by Gasteiger charge is 2.12. The molecule has 0 aliphatic heterocycles. The van der Waals surface area contributed by atoms with Crippen molar-refractivity contribution in [1.29, 1.82) is 5.26 Å². The zero-order valence-electron chi connectivity index (χ0n) is 10.4. The number of nitriles is 1. The molecule has 19 heavy (non-hydrogen) atoms. The summed E-state index contributed by atoms with van der Waals surface area (Å²) in [6.07, 6.45) is 0. The summed E-state index contributed by atoms with van der Waals surface area (Å²) in [5.41, 5.74) is 1.61. The van der Waals surface area contributed by atoms with Crippen molar-refractivity contribution in [3.05, 3.63) is 59.4 Å². The number of phenols is 1. The molecule has 0 saturated heterocycles. The van der Waals surface area contributed by atoms with Gasteiger partial charge in [-0.15, -0.1) is 0 Å². The molecule has 2 aromatic carbocycles. The first-order valence-corrected chi connectivity index (χ1v) is 5.86. The van der Waals surface area contributed by atoms with Gasteiger partial charge in [0.25, 0.3) is 0 Å². The summed E-state index contributed by atoms with van der Waals surface area (Å²) >= 11 is 0. The minimum Gasteiger partial charge on any atom is -0.508 e. The largest absolute Gasteiger partial charge is 0.508 e. The van der Waals surface area contributed by atoms with Crippen LogP contribution in [0.2, 0.25) is 0 Å². The first kappa shape index (κ1) is 12.9. The van der Waals surface area contributed by atoms with Crippen molar-refractivity contribution < 1.29 is 9.50 Å². The van der Waals surface area contributed by atoms with Crippen LogP contribution in [0.15, 0.2) is 42.5 Å². The molecule has 0 aliphatic carbocycles. The van der Waals surface area contributed by atoms with Gasteiger partial charge in [-0.25, -0.2) is 4.39 Å². The van der Waals surface area contributed by atoms with Gasteiger partial charge in [0.15, 0.2) is 0 Å². The number of para-hydroxylation sites is 1. The van der Waals surface area contributed by atoms with Gasteiger partial charge in [0.05, 0.1) is 17.3 Å². The summed E-state index contributed by atoms with van der Waals surface area (Å²) in [6, 6.07) is 12.6. The number of phenolic OH excluding ortho intramolecular Hbond substituents is 1. The van der Waals surface area contributed by atoms with E-state index in [0.29, 0.717) is 16.8 Å². The molecule has 4 heteroatoms. The Hall–Kier alpha value is -2.54. The number of halogens is 1. The summed E-state index contributed by atoms with van der Waals surface area (Å²) in [6.45, 7) is 1.79. The molecule has 0 aliphatic rings. The molecule has 1 atom stereocenters. The van der Waals surface area contributed by atoms with Gasteiger partial charge in [-0.3, -0.25) is 0 Å². The van der Waals surface area contributed by atoms with Gasteiger partial charge in [0.2, 0.25) is 0 Å². The third-order valence-electron chi connectivity index (χ3n) is 2.88. The van der Waals surface area contributed by atoms with Crippen LogP contribution in [-0.2, 0) is 0 Å². The number of benzene rings is 2. The number of nitrogens with one attached hydrogen (secondary N) is 1. The van der Waals surface area contributed by atoms with Crippen molar-refractivity contribution in [2.45, 2.75) is 13.0 Å². The molecule has 0 amide bonds. The van der Waals surface area contributed by atoms with Crippen molar-refractivity contribution in [1.82, 2.24) is 0 Å². The van der Waals surface area contributed by atoms with Gasteiger partial charge >= 0.3 is 0 Å². The average molecular weight is 256 g/mol. The highest BCUT2D eigenvalue weighted by molar-refractivity contribution is 5.58. The van der Waals surface area contributed by atoms with E-state index in [9.17, 15) is 9.50 Å². The molecular weight excluding hydrogens is 243 g/mol. The minimum absolute atomic E-state index is 0.0239. The lowest BCUT2D eigenvalue weighted by molar-refractivity contribution is 0.462. The van der Waals surface area contributed by atoms with Gasteiger partial charge in [-0.2, -0.15) is 5.26 Å². The van der Waals surface area contributed by atoms with Crippen LogP contribution in [0.3, 0.4) is 0 Å². The lowest BCUT2D eigenvalue weighted by atomic mass is 10.1. The quantitative estimate of drug-likeness (QED) is 0.882. The van der Waals surface area contributed by atoms with Crippen molar-refractivity contribution in [3.8, 4) is 11.8 Å². The van der Waals surface area contributed by atoms with E-state index >= 15 is 0 Å². The Labute approximate surface area is 110 Å². The molecular formula is C15H13FN2O. The predicted octanol–water partition coefficient (Wildman–Crippen LogP) is 3.58. The van der Waals surface area contributed by atoms with Crippen molar-refractivity contribution >= 4 is 5.69 Å². The van der Waals surface area contributed by atoms with Crippen LogP contribution in [0.5, 0.6) is 5.75 Å². The Bertz CT molecular complexity index is 634. The molecule has 1 unspecified atom stereocenters. The summed E-state index contributed by atoms with van der Waals surface area (Å²) < 4.78 is 13.2. The fourth-order valence-corrected chi connectivity index (χ4v) is 1.89. The van der Waals surface area contributed by atoms with E-state index in [4.69, 9.17) is 5.26 Å². The minimum atomic E-state index is -0.407. The van der Waals surface area contributed by atoms with Gasteiger partial charge in [-0.1, -0.05) is 12.1 Å². The second-order valence-electron chi connectivity index (χ2n) is 4.23. The first-order valence-electron chi connectivity index (χ1n) is 5.86. The SMILES string of the molecule is CC(Nc1ccccc1C#N)c1cc(F)ccc1O. The van der Waals surface area contributed by atoms with Gasteiger partial charge in [-0.05, 0) is 37.3 Å². The molecule has 3 nitrogen and oxygen atoms in total. The maximum absolute atomic E-state index is 13.2. The second kappa shape index (κ2) is 5.40. The highest BCUT2D eigenvalue weighted by Crippen LogP contribution is 2.28. The average Bonchev–Trinajstić information content (AvgIpc) is 2.42. The Morgan fingerprint density at radius 3 is 2.74 bits per heavy atom. The number of hydrogen-bond donors (Lipinski definition) is 2. The number of hydrogen-bond acceptors (Lipinski definition) is 3. The van der Waals surface area contributed by atoms with Crippen LogP contribution >= 0.6 is 0 Å². The molecule has 96 valence electrons. The van der Waals surface area contributed by atoms with Crippen LogP contribution in [-0.4, -0.2) is 5.11 Å². The van der Waals surface area contributed by atoms with Crippen molar-refractivity contribution in [2.24, 2.45) is 0 Å². The smallest absolute Gasteiger partial charge is 0.123 e. The van der Waals surface area contributed by atoms with Crippen molar-refractivity contribution in [2.75, 3.05) is 5.32 Å². The monoisotopic (exact) mass is 256 g/mol. The predicted molar refractivity (Wildman–Crippen MR) is 71.3 cm³/mol. The molecule has 0 saturated carbocycles. The molecule has 0 aromatic heterocycles. The van der Waals surface area contributed by atoms with Crippen LogP contribution < -0.4 is 5.32 Å². The van der Waals surface area contributed by atoms with Crippen molar-refractivity contribution in [3.63, 3.8) is 0 Å². The Morgan fingerprint density at radius 2 is 2.00 bits per heavy atom. The molecule has 2 rings (SSSR count). The lowest BCUT2D eigenvalue weighted by Crippen LogP contribution is -2.08. The summed E-state index contributed by atoms with van der Waals surface area (Å²) in [7, 11) is 0. The van der Waals surface area contributed by atoms with E-state index in [1.54, 1.807) is 31.2 Å². The number of rotatable bonds is 3. The highest BCUT2D eigenvalue weighted by atomic mass is 19.1. The van der Waals surface area contributed by atoms with E-state index < -0.39 is 5.82 Å². The zero-order valence-corrected chi connectivity index (χ0v) is 10.4. The van der Waals surface area contributed by atoms with Gasteiger partial charge in [0, 0.05) is 5.56 Å². The lowest BCUT2D eigenvalue weighted by Gasteiger charge is -2.17. The molecule has 0 bridgehead atoms. The molecule has 0 heterocycles. The zero-order chi connectivity index (χ0) is 13.8. The molecule has 0 radical (unpaired) electrons. The van der Waals surface area contributed by atoms with Crippen LogP contribution in [0.1, 0.15) is 24.1 Å². The topological polar surface area (TPSA) is 56.0 Å². The standard InChI is InChI=1S/C15H13FN2O/c1-10(13-8-12(16)6-7-15(13)19)18-14-5-3-2-4-11(14)9-17/h2-8,10,18-19H,1H3. The molecule has 0 fully saturated rings. The van der Waals surface area contributed by atoms with E-state index in [-0.39, 0.29) is 11.8 Å². The molecule has 0 spiro atoms. The summed E-state index contributed by atoms with van der Waals surface area (Å²) in [5, 5.41) is 21.8. The van der Waals surface area contributed by atoms with Crippen LogP contribution in [0, 0.1) is 17.1 Å². The maximum Gasteiger partial charge on any atom is 0.123 e. The van der Waals surface area contributed by atoms with E-state index in [1.807, 2.05) is 0 Å². The summed E-state index contributed by atoms with van der Waals surface area (Å²) in [5.74, 6) is -0.383. The Kier molecular flexibility index (Phi) is 3.67. The number of aromatic hydroxyl groups is 1. The van der Waals surface area contributed by atoms with Gasteiger partial charge in [0.1, 0.15) is 17.6 Å². The third kappa shape index (κ3) is 2.83. The second-order valence-corrected chi connectivity index (χ2v) is 4.23. The Balaban J connectivity index is 2.28. The normalized spacial score (nSPS) is 11.6. The molecule has 2 aromatic rings. The van der Waals surface area contributed by atoms with Crippen LogP contribution in [0.25, 0.3) is 0 Å². The third-order valence-corrected chi connectivity index (χ3v) is 2.88. The van der Waals surface area contributed by atoms with E-state index in [1.165, 1.54) is 18.2 Å². The fraction of sp³-hybridized carbons (Fsp3) is 0.133. The van der Waals surface area contributed by atoms with Gasteiger partial charge < -0.3 is 10.4 Å². The number of anilines is 1. The maximum atomic E-state index is 13.2.